The standard InChI is InChI=1S/C22H26N2O6/c1-16(21(27)29-14-17-8-4-2-5-9-17)23-13-12-19(20(25)26)24-22(28)30-15-18-10-6-3-7-11-18/h2-11,16,19,23H,12-15H2,1H3,(H,24,28)(H,25,26)/t16-,19-/m0/s1. The minimum atomic E-state index is -1.19. The number of rotatable bonds is 11. The van der Waals surface area contributed by atoms with Gasteiger partial charge < -0.3 is 25.2 Å². The Bertz CT molecular complexity index is 813. The summed E-state index contributed by atoms with van der Waals surface area (Å²) in [7, 11) is 0. The first-order chi connectivity index (χ1) is 14.5. The van der Waals surface area contributed by atoms with E-state index in [4.69, 9.17) is 9.47 Å². The summed E-state index contributed by atoms with van der Waals surface area (Å²) in [5, 5.41) is 14.5. The molecule has 30 heavy (non-hydrogen) atoms. The van der Waals surface area contributed by atoms with Crippen molar-refractivity contribution in [3.63, 3.8) is 0 Å². The second-order valence-electron chi connectivity index (χ2n) is 6.65. The number of carboxylic acid groups (broad SMARTS) is 1. The van der Waals surface area contributed by atoms with Crippen LogP contribution in [0.1, 0.15) is 24.5 Å². The van der Waals surface area contributed by atoms with Gasteiger partial charge in [0.2, 0.25) is 0 Å². The zero-order valence-corrected chi connectivity index (χ0v) is 16.7. The van der Waals surface area contributed by atoms with E-state index < -0.39 is 30.1 Å². The molecule has 0 aromatic heterocycles. The Balaban J connectivity index is 1.69. The number of carbonyl (C=O) groups is 3. The van der Waals surface area contributed by atoms with Gasteiger partial charge in [0, 0.05) is 0 Å². The molecule has 3 N–H and O–H groups in total. The molecule has 2 atom stereocenters. The van der Waals surface area contributed by atoms with Gasteiger partial charge in [0.05, 0.1) is 0 Å². The monoisotopic (exact) mass is 414 g/mol. The molecule has 0 radical (unpaired) electrons. The number of benzene rings is 2. The number of alkyl carbamates (subject to hydrolysis) is 1. The third-order valence-corrected chi connectivity index (χ3v) is 4.26. The van der Waals surface area contributed by atoms with Gasteiger partial charge in [-0.15, -0.1) is 0 Å². The van der Waals surface area contributed by atoms with Crippen molar-refractivity contribution in [2.75, 3.05) is 6.54 Å². The van der Waals surface area contributed by atoms with Crippen molar-refractivity contribution in [1.29, 1.82) is 0 Å². The van der Waals surface area contributed by atoms with E-state index in [2.05, 4.69) is 10.6 Å². The molecular weight excluding hydrogens is 388 g/mol. The number of esters is 1. The highest BCUT2D eigenvalue weighted by Crippen LogP contribution is 2.03. The normalized spacial score (nSPS) is 12.4. The molecular formula is C22H26N2O6. The van der Waals surface area contributed by atoms with E-state index in [1.165, 1.54) is 0 Å². The molecule has 0 spiro atoms. The van der Waals surface area contributed by atoms with Crippen LogP contribution in [-0.4, -0.2) is 41.8 Å². The van der Waals surface area contributed by atoms with Crippen molar-refractivity contribution < 1.29 is 29.0 Å². The first kappa shape index (κ1) is 22.9. The van der Waals surface area contributed by atoms with Crippen LogP contribution in [0.3, 0.4) is 0 Å². The Morgan fingerprint density at radius 2 is 1.43 bits per heavy atom. The van der Waals surface area contributed by atoms with Gasteiger partial charge in [-0.05, 0) is 31.0 Å². The lowest BCUT2D eigenvalue weighted by Crippen LogP contribution is -2.44. The lowest BCUT2D eigenvalue weighted by molar-refractivity contribution is -0.147. The number of ether oxygens (including phenoxy) is 2. The van der Waals surface area contributed by atoms with E-state index in [1.807, 2.05) is 48.5 Å². The summed E-state index contributed by atoms with van der Waals surface area (Å²) in [5.41, 5.74) is 1.67. The smallest absolute Gasteiger partial charge is 0.408 e. The Morgan fingerprint density at radius 3 is 1.97 bits per heavy atom. The second-order valence-corrected chi connectivity index (χ2v) is 6.65. The average Bonchev–Trinajstić information content (AvgIpc) is 2.76. The summed E-state index contributed by atoms with van der Waals surface area (Å²) in [6, 6.07) is 16.6. The second kappa shape index (κ2) is 12.2. The Kier molecular flexibility index (Phi) is 9.33. The van der Waals surface area contributed by atoms with Crippen molar-refractivity contribution >= 4 is 18.0 Å². The topological polar surface area (TPSA) is 114 Å². The summed E-state index contributed by atoms with van der Waals surface area (Å²) >= 11 is 0. The molecule has 0 heterocycles. The van der Waals surface area contributed by atoms with Crippen LogP contribution in [0.2, 0.25) is 0 Å². The van der Waals surface area contributed by atoms with E-state index in [0.717, 1.165) is 11.1 Å². The van der Waals surface area contributed by atoms with E-state index in [1.54, 1.807) is 19.1 Å². The molecule has 0 aliphatic carbocycles. The quantitative estimate of drug-likeness (QED) is 0.484. The molecule has 0 fully saturated rings. The predicted molar refractivity (Wildman–Crippen MR) is 110 cm³/mol. The first-order valence-corrected chi connectivity index (χ1v) is 9.59. The van der Waals surface area contributed by atoms with Crippen molar-refractivity contribution in [2.45, 2.75) is 38.6 Å². The number of nitrogens with one attached hydrogen (secondary N) is 2. The van der Waals surface area contributed by atoms with Gasteiger partial charge in [0.1, 0.15) is 25.3 Å². The van der Waals surface area contributed by atoms with Crippen molar-refractivity contribution in [3.8, 4) is 0 Å². The highest BCUT2D eigenvalue weighted by Gasteiger charge is 2.21. The van der Waals surface area contributed by atoms with Crippen LogP contribution >= 0.6 is 0 Å². The highest BCUT2D eigenvalue weighted by atomic mass is 16.5. The predicted octanol–water partition coefficient (Wildman–Crippen LogP) is 2.48. The largest absolute Gasteiger partial charge is 0.480 e. The minimum Gasteiger partial charge on any atom is -0.480 e. The molecule has 0 saturated carbocycles. The third-order valence-electron chi connectivity index (χ3n) is 4.26. The first-order valence-electron chi connectivity index (χ1n) is 9.59. The Hall–Kier alpha value is -3.39. The summed E-state index contributed by atoms with van der Waals surface area (Å²) in [4.78, 5) is 35.3. The SMILES string of the molecule is C[C@H](NCC[C@H](NC(=O)OCc1ccccc1)C(=O)O)C(=O)OCc1ccccc1. The molecule has 2 aromatic carbocycles. The van der Waals surface area contributed by atoms with Crippen LogP contribution in [0.25, 0.3) is 0 Å². The van der Waals surface area contributed by atoms with Crippen LogP contribution in [0, 0.1) is 0 Å². The maximum absolute atomic E-state index is 12.0. The molecule has 1 amide bonds. The fourth-order valence-corrected chi connectivity index (χ4v) is 2.55. The van der Waals surface area contributed by atoms with Gasteiger partial charge in [-0.25, -0.2) is 9.59 Å². The van der Waals surface area contributed by atoms with Gasteiger partial charge >= 0.3 is 18.0 Å². The molecule has 2 aromatic rings. The molecule has 0 saturated heterocycles. The van der Waals surface area contributed by atoms with E-state index in [9.17, 15) is 19.5 Å². The van der Waals surface area contributed by atoms with E-state index >= 15 is 0 Å². The zero-order chi connectivity index (χ0) is 21.8. The minimum absolute atomic E-state index is 0.0432. The molecule has 8 heteroatoms. The van der Waals surface area contributed by atoms with E-state index in [0.29, 0.717) is 0 Å². The molecule has 0 aliphatic heterocycles. The Morgan fingerprint density at radius 1 is 0.900 bits per heavy atom. The number of hydrogen-bond acceptors (Lipinski definition) is 6. The maximum atomic E-state index is 12.0. The number of carbonyl (C=O) groups excluding carboxylic acids is 2. The maximum Gasteiger partial charge on any atom is 0.408 e. The zero-order valence-electron chi connectivity index (χ0n) is 16.7. The van der Waals surface area contributed by atoms with Crippen molar-refractivity contribution in [1.82, 2.24) is 10.6 Å². The van der Waals surface area contributed by atoms with Crippen LogP contribution in [0.15, 0.2) is 60.7 Å². The van der Waals surface area contributed by atoms with Gasteiger partial charge in [-0.1, -0.05) is 60.7 Å². The third kappa shape index (κ3) is 8.32. The fraction of sp³-hybridized carbons (Fsp3) is 0.318. The van der Waals surface area contributed by atoms with Crippen LogP contribution in [-0.2, 0) is 32.3 Å². The highest BCUT2D eigenvalue weighted by molar-refractivity contribution is 5.80. The van der Waals surface area contributed by atoms with Crippen LogP contribution in [0.5, 0.6) is 0 Å². The van der Waals surface area contributed by atoms with Gasteiger partial charge in [-0.2, -0.15) is 0 Å². The van der Waals surface area contributed by atoms with Gasteiger partial charge in [0.25, 0.3) is 0 Å². The molecule has 0 aliphatic rings. The van der Waals surface area contributed by atoms with E-state index in [-0.39, 0.29) is 26.2 Å². The fourth-order valence-electron chi connectivity index (χ4n) is 2.55. The summed E-state index contributed by atoms with van der Waals surface area (Å²) < 4.78 is 10.3. The average molecular weight is 414 g/mol. The molecule has 8 nitrogen and oxygen atoms in total. The van der Waals surface area contributed by atoms with Gasteiger partial charge in [-0.3, -0.25) is 4.79 Å². The summed E-state index contributed by atoms with van der Waals surface area (Å²) in [6.07, 6.45) is -0.743. The van der Waals surface area contributed by atoms with Crippen molar-refractivity contribution in [2.24, 2.45) is 0 Å². The molecule has 2 rings (SSSR count). The molecule has 160 valence electrons. The Labute approximate surface area is 175 Å². The van der Waals surface area contributed by atoms with Gasteiger partial charge in [0.15, 0.2) is 0 Å². The molecule has 0 unspecified atom stereocenters. The number of amides is 1. The lowest BCUT2D eigenvalue weighted by Gasteiger charge is -2.17. The summed E-state index contributed by atoms with van der Waals surface area (Å²) in [5.74, 6) is -1.63. The number of aliphatic carboxylic acids is 1. The lowest BCUT2D eigenvalue weighted by atomic mass is 10.2. The number of hydrogen-bond donors (Lipinski definition) is 3. The van der Waals surface area contributed by atoms with Crippen molar-refractivity contribution in [3.05, 3.63) is 71.8 Å². The number of carboxylic acids is 1. The molecule has 0 bridgehead atoms. The summed E-state index contributed by atoms with van der Waals surface area (Å²) in [6.45, 7) is 2.03. The van der Waals surface area contributed by atoms with Crippen LogP contribution in [0.4, 0.5) is 4.79 Å². The van der Waals surface area contributed by atoms with Crippen LogP contribution < -0.4 is 10.6 Å².